The fourth-order valence-electron chi connectivity index (χ4n) is 3.81. The monoisotopic (exact) mass is 395 g/mol. The van der Waals surface area contributed by atoms with Gasteiger partial charge < -0.3 is 9.30 Å². The van der Waals surface area contributed by atoms with Crippen molar-refractivity contribution >= 4 is 16.8 Å². The van der Waals surface area contributed by atoms with Crippen LogP contribution < -0.4 is 10.3 Å². The van der Waals surface area contributed by atoms with E-state index in [4.69, 9.17) is 9.72 Å². The Balaban J connectivity index is 1.74. The van der Waals surface area contributed by atoms with E-state index in [2.05, 4.69) is 35.8 Å². The Morgan fingerprint density at radius 1 is 0.900 bits per heavy atom. The van der Waals surface area contributed by atoms with Crippen molar-refractivity contribution in [2.24, 2.45) is 0 Å². The van der Waals surface area contributed by atoms with Gasteiger partial charge in [0, 0.05) is 11.6 Å². The molecule has 5 heteroatoms. The van der Waals surface area contributed by atoms with Gasteiger partial charge in [0.25, 0.3) is 5.56 Å². The number of hydrogen-bond donors (Lipinski definition) is 0. The van der Waals surface area contributed by atoms with Gasteiger partial charge in [-0.2, -0.15) is 0 Å². The van der Waals surface area contributed by atoms with Crippen LogP contribution >= 0.6 is 0 Å². The summed E-state index contributed by atoms with van der Waals surface area (Å²) in [5, 5.41) is 0. The van der Waals surface area contributed by atoms with Crippen LogP contribution in [0, 0.1) is 6.92 Å². The lowest BCUT2D eigenvalue weighted by Crippen LogP contribution is -2.14. The third-order valence-electron chi connectivity index (χ3n) is 5.40. The molecule has 2 aromatic heterocycles. The fraction of sp³-hybridized carbons (Fsp3) is 0.120. The zero-order valence-electron chi connectivity index (χ0n) is 16.9. The molecule has 0 aliphatic rings. The van der Waals surface area contributed by atoms with Gasteiger partial charge in [0.05, 0.1) is 30.4 Å². The van der Waals surface area contributed by atoms with Gasteiger partial charge in [-0.1, -0.05) is 42.0 Å². The largest absolute Gasteiger partial charge is 0.497 e. The van der Waals surface area contributed by atoms with Gasteiger partial charge in [-0.15, -0.1) is 0 Å². The molecule has 0 unspecified atom stereocenters. The second-order valence-corrected chi connectivity index (χ2v) is 7.40. The van der Waals surface area contributed by atoms with Crippen molar-refractivity contribution in [3.05, 3.63) is 100 Å². The van der Waals surface area contributed by atoms with Crippen molar-refractivity contribution in [3.8, 4) is 17.0 Å². The van der Waals surface area contributed by atoms with Crippen LogP contribution in [0.1, 0.15) is 11.1 Å². The molecule has 30 heavy (non-hydrogen) atoms. The summed E-state index contributed by atoms with van der Waals surface area (Å²) in [6, 6.07) is 25.6. The van der Waals surface area contributed by atoms with E-state index in [0.717, 1.165) is 27.9 Å². The fourth-order valence-corrected chi connectivity index (χ4v) is 3.81. The molecule has 0 saturated heterocycles. The number of fused-ring (bicyclic) bond motifs is 3. The molecule has 0 aliphatic heterocycles. The minimum Gasteiger partial charge on any atom is -0.497 e. The maximum atomic E-state index is 13.1. The first-order valence-electron chi connectivity index (χ1n) is 9.85. The minimum atomic E-state index is -0.0929. The second kappa shape index (κ2) is 7.19. The number of hydrogen-bond acceptors (Lipinski definition) is 3. The van der Waals surface area contributed by atoms with Crippen molar-refractivity contribution in [1.29, 1.82) is 0 Å². The summed E-state index contributed by atoms with van der Waals surface area (Å²) in [6.07, 6.45) is 0. The summed E-state index contributed by atoms with van der Waals surface area (Å²) in [7, 11) is 1.63. The van der Waals surface area contributed by atoms with Crippen molar-refractivity contribution in [3.63, 3.8) is 0 Å². The Bertz CT molecular complexity index is 1410. The van der Waals surface area contributed by atoms with E-state index < -0.39 is 0 Å². The normalized spacial score (nSPS) is 11.3. The topological polar surface area (TPSA) is 48.5 Å². The minimum absolute atomic E-state index is 0.0929. The molecule has 3 aromatic carbocycles. The summed E-state index contributed by atoms with van der Waals surface area (Å²) in [5.41, 5.74) is 5.65. The SMILES string of the molecule is COc1ccc(-c2cc(=O)n3c4ccccc4n(Cc4ccc(C)cc4)c3n2)cc1. The van der Waals surface area contributed by atoms with E-state index in [-0.39, 0.29) is 5.56 Å². The highest BCUT2D eigenvalue weighted by atomic mass is 16.5. The van der Waals surface area contributed by atoms with Gasteiger partial charge in [0.2, 0.25) is 5.78 Å². The van der Waals surface area contributed by atoms with Crippen LogP contribution in [0.25, 0.3) is 28.1 Å². The van der Waals surface area contributed by atoms with E-state index in [0.29, 0.717) is 18.0 Å². The number of para-hydroxylation sites is 2. The van der Waals surface area contributed by atoms with E-state index in [1.807, 2.05) is 48.5 Å². The third kappa shape index (κ3) is 3.05. The molecule has 0 bridgehead atoms. The first-order valence-corrected chi connectivity index (χ1v) is 9.85. The molecule has 0 atom stereocenters. The van der Waals surface area contributed by atoms with Crippen molar-refractivity contribution < 1.29 is 4.74 Å². The molecule has 0 aliphatic carbocycles. The van der Waals surface area contributed by atoms with Gasteiger partial charge >= 0.3 is 0 Å². The summed E-state index contributed by atoms with van der Waals surface area (Å²) in [4.78, 5) is 18.0. The highest BCUT2D eigenvalue weighted by Gasteiger charge is 2.15. The van der Waals surface area contributed by atoms with Crippen LogP contribution in [-0.4, -0.2) is 21.1 Å². The smallest absolute Gasteiger partial charge is 0.260 e. The molecule has 0 amide bonds. The molecule has 5 rings (SSSR count). The number of methoxy groups -OCH3 is 1. The molecule has 0 radical (unpaired) electrons. The van der Waals surface area contributed by atoms with Crippen molar-refractivity contribution in [2.75, 3.05) is 7.11 Å². The van der Waals surface area contributed by atoms with Crippen LogP contribution in [0.15, 0.2) is 83.7 Å². The van der Waals surface area contributed by atoms with E-state index in [1.54, 1.807) is 17.6 Å². The van der Waals surface area contributed by atoms with Crippen LogP contribution in [0.3, 0.4) is 0 Å². The maximum absolute atomic E-state index is 13.1. The van der Waals surface area contributed by atoms with E-state index >= 15 is 0 Å². The van der Waals surface area contributed by atoms with Gasteiger partial charge in [0.1, 0.15) is 5.75 Å². The van der Waals surface area contributed by atoms with Crippen LogP contribution in [0.5, 0.6) is 5.75 Å². The molecule has 5 nitrogen and oxygen atoms in total. The first-order chi connectivity index (χ1) is 14.6. The standard InChI is InChI=1S/C25H21N3O2/c1-17-7-9-18(10-8-17)16-27-22-5-3-4-6-23(22)28-24(29)15-21(26-25(27)28)19-11-13-20(30-2)14-12-19/h3-15H,16H2,1-2H3. The van der Waals surface area contributed by atoms with E-state index in [9.17, 15) is 4.79 Å². The van der Waals surface area contributed by atoms with Crippen molar-refractivity contribution in [1.82, 2.24) is 14.0 Å². The second-order valence-electron chi connectivity index (χ2n) is 7.40. The zero-order valence-corrected chi connectivity index (χ0v) is 16.9. The summed E-state index contributed by atoms with van der Waals surface area (Å²) < 4.78 is 9.04. The molecular weight excluding hydrogens is 374 g/mol. The number of nitrogens with zero attached hydrogens (tertiary/aromatic N) is 3. The number of rotatable bonds is 4. The highest BCUT2D eigenvalue weighted by Crippen LogP contribution is 2.24. The Hall–Kier alpha value is -3.86. The lowest BCUT2D eigenvalue weighted by Gasteiger charge is -2.08. The van der Waals surface area contributed by atoms with Crippen LogP contribution in [0.4, 0.5) is 0 Å². The molecular formula is C25H21N3O2. The van der Waals surface area contributed by atoms with Crippen LogP contribution in [0.2, 0.25) is 0 Å². The molecule has 0 spiro atoms. The Kier molecular flexibility index (Phi) is 4.36. The third-order valence-corrected chi connectivity index (χ3v) is 5.40. The molecule has 5 aromatic rings. The van der Waals surface area contributed by atoms with Gasteiger partial charge in [-0.05, 0) is 48.9 Å². The number of aromatic nitrogens is 3. The lowest BCUT2D eigenvalue weighted by atomic mass is 10.1. The quantitative estimate of drug-likeness (QED) is 0.444. The number of benzene rings is 3. The maximum Gasteiger partial charge on any atom is 0.260 e. The summed E-state index contributed by atoms with van der Waals surface area (Å²) in [6.45, 7) is 2.71. The Morgan fingerprint density at radius 2 is 1.60 bits per heavy atom. The number of aryl methyl sites for hydroxylation is 1. The Morgan fingerprint density at radius 3 is 2.30 bits per heavy atom. The van der Waals surface area contributed by atoms with Gasteiger partial charge in [-0.3, -0.25) is 4.79 Å². The molecule has 148 valence electrons. The average molecular weight is 395 g/mol. The predicted molar refractivity (Wildman–Crippen MR) is 119 cm³/mol. The van der Waals surface area contributed by atoms with Gasteiger partial charge in [-0.25, -0.2) is 9.38 Å². The zero-order chi connectivity index (χ0) is 20.7. The Labute approximate surface area is 173 Å². The molecule has 0 fully saturated rings. The van der Waals surface area contributed by atoms with Crippen LogP contribution in [-0.2, 0) is 6.54 Å². The summed E-state index contributed by atoms with van der Waals surface area (Å²) in [5.74, 6) is 1.40. The molecule has 0 saturated carbocycles. The number of imidazole rings is 1. The first kappa shape index (κ1) is 18.2. The van der Waals surface area contributed by atoms with Crippen molar-refractivity contribution in [2.45, 2.75) is 13.5 Å². The molecule has 2 heterocycles. The van der Waals surface area contributed by atoms with E-state index in [1.165, 1.54) is 5.56 Å². The summed E-state index contributed by atoms with van der Waals surface area (Å²) >= 11 is 0. The lowest BCUT2D eigenvalue weighted by molar-refractivity contribution is 0.415. The highest BCUT2D eigenvalue weighted by molar-refractivity contribution is 5.81. The number of ether oxygens (including phenoxy) is 1. The predicted octanol–water partition coefficient (Wildman–Crippen LogP) is 4.68. The molecule has 0 N–H and O–H groups in total. The average Bonchev–Trinajstić information content (AvgIpc) is 3.09. The van der Waals surface area contributed by atoms with Gasteiger partial charge in [0.15, 0.2) is 0 Å².